The van der Waals surface area contributed by atoms with Crippen LogP contribution in [0.5, 0.6) is 0 Å². The fraction of sp³-hybridized carbons (Fsp3) is 0.286. The van der Waals surface area contributed by atoms with Gasteiger partial charge in [0.1, 0.15) is 11.6 Å². The van der Waals surface area contributed by atoms with Crippen molar-refractivity contribution >= 4 is 17.4 Å². The lowest BCUT2D eigenvalue weighted by Crippen LogP contribution is -2.14. The number of aromatic nitrogens is 2. The van der Waals surface area contributed by atoms with E-state index in [1.807, 2.05) is 31.2 Å². The summed E-state index contributed by atoms with van der Waals surface area (Å²) in [5.74, 6) is 1.32. The Labute approximate surface area is 116 Å². The van der Waals surface area contributed by atoms with Crippen LogP contribution in [0.3, 0.4) is 0 Å². The Balaban J connectivity index is 1.93. The van der Waals surface area contributed by atoms with Crippen LogP contribution in [0.1, 0.15) is 18.3 Å². The Morgan fingerprint density at radius 2 is 2.05 bits per heavy atom. The van der Waals surface area contributed by atoms with E-state index in [4.69, 9.17) is 11.6 Å². The Kier molecular flexibility index (Phi) is 4.58. The third-order valence-corrected chi connectivity index (χ3v) is 3.01. The molecule has 1 aromatic heterocycles. The van der Waals surface area contributed by atoms with Gasteiger partial charge in [0.2, 0.25) is 0 Å². The quantitative estimate of drug-likeness (QED) is 0.883. The summed E-state index contributed by atoms with van der Waals surface area (Å²) in [4.78, 5) is 18.4. The van der Waals surface area contributed by atoms with E-state index in [0.717, 1.165) is 18.0 Å². The van der Waals surface area contributed by atoms with Crippen molar-refractivity contribution in [1.82, 2.24) is 9.97 Å². The molecule has 0 aliphatic rings. The van der Waals surface area contributed by atoms with Gasteiger partial charge in [0.25, 0.3) is 5.56 Å². The fourth-order valence-corrected chi connectivity index (χ4v) is 1.88. The maximum atomic E-state index is 11.4. The Bertz CT molecular complexity index is 592. The maximum absolute atomic E-state index is 11.4. The van der Waals surface area contributed by atoms with Crippen molar-refractivity contribution in [2.75, 3.05) is 11.9 Å². The van der Waals surface area contributed by atoms with Crippen LogP contribution in [0.15, 0.2) is 35.1 Å². The van der Waals surface area contributed by atoms with Crippen molar-refractivity contribution in [3.63, 3.8) is 0 Å². The molecular formula is C14H16ClN3O. The molecule has 0 aliphatic heterocycles. The van der Waals surface area contributed by atoms with Crippen molar-refractivity contribution in [3.05, 3.63) is 57.1 Å². The number of anilines is 1. The number of aryl methyl sites for hydroxylation is 1. The van der Waals surface area contributed by atoms with Gasteiger partial charge in [-0.25, -0.2) is 4.98 Å². The SMILES string of the molecule is CCc1nc(NCCc2ccc(Cl)cc2)cc(=O)[nH]1. The number of benzene rings is 1. The molecule has 2 aromatic rings. The van der Waals surface area contributed by atoms with Crippen LogP contribution in [-0.4, -0.2) is 16.5 Å². The largest absolute Gasteiger partial charge is 0.370 e. The molecule has 0 radical (unpaired) electrons. The highest BCUT2D eigenvalue weighted by molar-refractivity contribution is 6.30. The molecule has 0 saturated carbocycles. The average molecular weight is 278 g/mol. The van der Waals surface area contributed by atoms with Crippen molar-refractivity contribution in [2.24, 2.45) is 0 Å². The molecule has 2 N–H and O–H groups in total. The van der Waals surface area contributed by atoms with Crippen molar-refractivity contribution in [1.29, 1.82) is 0 Å². The summed E-state index contributed by atoms with van der Waals surface area (Å²) in [6.45, 7) is 2.68. The van der Waals surface area contributed by atoms with E-state index in [9.17, 15) is 4.79 Å². The Hall–Kier alpha value is -1.81. The van der Waals surface area contributed by atoms with Crippen LogP contribution in [0.2, 0.25) is 5.02 Å². The smallest absolute Gasteiger partial charge is 0.252 e. The zero-order chi connectivity index (χ0) is 13.7. The van der Waals surface area contributed by atoms with Gasteiger partial charge in [-0.05, 0) is 24.1 Å². The van der Waals surface area contributed by atoms with E-state index in [1.165, 1.54) is 11.6 Å². The summed E-state index contributed by atoms with van der Waals surface area (Å²) >= 11 is 5.83. The van der Waals surface area contributed by atoms with E-state index < -0.39 is 0 Å². The number of rotatable bonds is 5. The van der Waals surface area contributed by atoms with E-state index >= 15 is 0 Å². The first-order valence-corrected chi connectivity index (χ1v) is 6.63. The van der Waals surface area contributed by atoms with Crippen LogP contribution in [0.4, 0.5) is 5.82 Å². The molecule has 100 valence electrons. The number of hydrogen-bond acceptors (Lipinski definition) is 3. The minimum atomic E-state index is -0.124. The molecule has 19 heavy (non-hydrogen) atoms. The minimum absolute atomic E-state index is 0.124. The van der Waals surface area contributed by atoms with Crippen LogP contribution in [0.25, 0.3) is 0 Å². The molecule has 0 saturated heterocycles. The minimum Gasteiger partial charge on any atom is -0.370 e. The molecule has 0 atom stereocenters. The summed E-state index contributed by atoms with van der Waals surface area (Å²) in [6.07, 6.45) is 1.56. The van der Waals surface area contributed by atoms with Gasteiger partial charge < -0.3 is 10.3 Å². The van der Waals surface area contributed by atoms with Gasteiger partial charge in [0.15, 0.2) is 0 Å². The third-order valence-electron chi connectivity index (χ3n) is 2.76. The summed E-state index contributed by atoms with van der Waals surface area (Å²) in [6, 6.07) is 9.20. The van der Waals surface area contributed by atoms with Crippen LogP contribution >= 0.6 is 11.6 Å². The second kappa shape index (κ2) is 6.38. The number of H-pyrrole nitrogens is 1. The first-order valence-electron chi connectivity index (χ1n) is 6.26. The average Bonchev–Trinajstić information content (AvgIpc) is 2.40. The predicted molar refractivity (Wildman–Crippen MR) is 77.9 cm³/mol. The van der Waals surface area contributed by atoms with Gasteiger partial charge in [-0.15, -0.1) is 0 Å². The zero-order valence-corrected chi connectivity index (χ0v) is 11.5. The molecule has 0 spiro atoms. The molecule has 5 heteroatoms. The Morgan fingerprint density at radius 1 is 1.32 bits per heavy atom. The molecule has 1 heterocycles. The molecule has 1 aromatic carbocycles. The highest BCUT2D eigenvalue weighted by atomic mass is 35.5. The maximum Gasteiger partial charge on any atom is 0.252 e. The van der Waals surface area contributed by atoms with Crippen LogP contribution in [-0.2, 0) is 12.8 Å². The molecule has 0 amide bonds. The standard InChI is InChI=1S/C14H16ClN3O/c1-2-12-17-13(9-14(19)18-12)16-8-7-10-3-5-11(15)6-4-10/h3-6,9H,2,7-8H2,1H3,(H2,16,17,18,19). The van der Waals surface area contributed by atoms with E-state index in [1.54, 1.807) is 0 Å². The summed E-state index contributed by atoms with van der Waals surface area (Å²) in [7, 11) is 0. The van der Waals surface area contributed by atoms with Gasteiger partial charge in [-0.2, -0.15) is 0 Å². The molecule has 4 nitrogen and oxygen atoms in total. The molecule has 2 rings (SSSR count). The molecule has 0 fully saturated rings. The molecule has 0 unspecified atom stereocenters. The monoisotopic (exact) mass is 277 g/mol. The van der Waals surface area contributed by atoms with Crippen molar-refractivity contribution < 1.29 is 0 Å². The van der Waals surface area contributed by atoms with Gasteiger partial charge >= 0.3 is 0 Å². The lowest BCUT2D eigenvalue weighted by molar-refractivity contribution is 0.909. The summed E-state index contributed by atoms with van der Waals surface area (Å²) in [5, 5.41) is 3.90. The lowest BCUT2D eigenvalue weighted by Gasteiger charge is -2.06. The van der Waals surface area contributed by atoms with Crippen LogP contribution < -0.4 is 10.9 Å². The summed E-state index contributed by atoms with van der Waals surface area (Å²) in [5.41, 5.74) is 1.07. The van der Waals surface area contributed by atoms with Crippen molar-refractivity contribution in [2.45, 2.75) is 19.8 Å². The Morgan fingerprint density at radius 3 is 2.74 bits per heavy atom. The first kappa shape index (κ1) is 13.6. The van der Waals surface area contributed by atoms with Gasteiger partial charge in [0.05, 0.1) is 0 Å². The highest BCUT2D eigenvalue weighted by Crippen LogP contribution is 2.10. The fourth-order valence-electron chi connectivity index (χ4n) is 1.75. The zero-order valence-electron chi connectivity index (χ0n) is 10.7. The summed E-state index contributed by atoms with van der Waals surface area (Å²) < 4.78 is 0. The number of nitrogens with one attached hydrogen (secondary N) is 2. The third kappa shape index (κ3) is 4.10. The van der Waals surface area contributed by atoms with E-state index in [-0.39, 0.29) is 5.56 Å². The predicted octanol–water partition coefficient (Wildman–Crippen LogP) is 2.64. The van der Waals surface area contributed by atoms with E-state index in [0.29, 0.717) is 18.1 Å². The topological polar surface area (TPSA) is 57.8 Å². The number of hydrogen-bond donors (Lipinski definition) is 2. The highest BCUT2D eigenvalue weighted by Gasteiger charge is 1.99. The molecular weight excluding hydrogens is 262 g/mol. The second-order valence-corrected chi connectivity index (χ2v) is 4.67. The van der Waals surface area contributed by atoms with Gasteiger partial charge in [-0.1, -0.05) is 30.7 Å². The van der Waals surface area contributed by atoms with Gasteiger partial charge in [0, 0.05) is 24.1 Å². The van der Waals surface area contributed by atoms with E-state index in [2.05, 4.69) is 15.3 Å². The van der Waals surface area contributed by atoms with Crippen LogP contribution in [0, 0.1) is 0 Å². The number of nitrogens with zero attached hydrogens (tertiary/aromatic N) is 1. The van der Waals surface area contributed by atoms with Gasteiger partial charge in [-0.3, -0.25) is 4.79 Å². The normalized spacial score (nSPS) is 10.4. The van der Waals surface area contributed by atoms with Crippen molar-refractivity contribution in [3.8, 4) is 0 Å². The first-order chi connectivity index (χ1) is 9.17. The second-order valence-electron chi connectivity index (χ2n) is 4.23. The lowest BCUT2D eigenvalue weighted by atomic mass is 10.1. The number of halogens is 1. The molecule has 0 aliphatic carbocycles. The number of aromatic amines is 1. The molecule has 0 bridgehead atoms.